The van der Waals surface area contributed by atoms with Crippen LogP contribution < -0.4 is 0 Å². The highest BCUT2D eigenvalue weighted by Crippen LogP contribution is 2.28. The van der Waals surface area contributed by atoms with Gasteiger partial charge in [-0.1, -0.05) is 64.8 Å². The van der Waals surface area contributed by atoms with Crippen LogP contribution in [0.2, 0.25) is 0 Å². The Labute approximate surface area is 130 Å². The minimum Gasteiger partial charge on any atom is -0.514 e. The smallest absolute Gasteiger partial charge is 0.213 e. The minimum absolute atomic E-state index is 0.163. The van der Waals surface area contributed by atoms with Crippen molar-refractivity contribution in [2.45, 2.75) is 8.69 Å². The first-order valence-corrected chi connectivity index (χ1v) is 7.12. The van der Waals surface area contributed by atoms with Gasteiger partial charge < -0.3 is 9.84 Å². The van der Waals surface area contributed by atoms with E-state index < -0.39 is 3.79 Å². The van der Waals surface area contributed by atoms with Gasteiger partial charge in [0.2, 0.25) is 3.79 Å². The first-order chi connectivity index (χ1) is 8.92. The lowest BCUT2D eigenvalue weighted by Gasteiger charge is -2.11. The Morgan fingerprint density at radius 1 is 1.32 bits per heavy atom. The van der Waals surface area contributed by atoms with Crippen LogP contribution in [0.1, 0.15) is 0 Å². The summed E-state index contributed by atoms with van der Waals surface area (Å²) in [7, 11) is 0. The number of carbonyl (C=O) groups is 1. The average Bonchev–Trinajstić information content (AvgIpc) is 2.35. The molecule has 1 N–H and O–H groups in total. The van der Waals surface area contributed by atoms with Crippen molar-refractivity contribution in [3.63, 3.8) is 0 Å². The highest BCUT2D eigenvalue weighted by molar-refractivity contribution is 8.04. The van der Waals surface area contributed by atoms with Gasteiger partial charge in [0.05, 0.1) is 17.8 Å². The van der Waals surface area contributed by atoms with Crippen LogP contribution in [-0.2, 0) is 9.53 Å². The van der Waals surface area contributed by atoms with E-state index in [2.05, 4.69) is 0 Å². The Bertz CT molecular complexity index is 443. The topological polar surface area (TPSA) is 46.5 Å². The van der Waals surface area contributed by atoms with Crippen LogP contribution in [0.5, 0.6) is 0 Å². The van der Waals surface area contributed by atoms with Crippen molar-refractivity contribution in [1.82, 2.24) is 0 Å². The Balaban J connectivity index is 2.50. The molecule has 0 saturated carbocycles. The number of rotatable bonds is 6. The minimum atomic E-state index is -1.56. The van der Waals surface area contributed by atoms with Crippen LogP contribution in [0.4, 0.5) is 0 Å². The molecule has 104 valence electrons. The summed E-state index contributed by atoms with van der Waals surface area (Å²) in [6.45, 7) is -0.460. The Kier molecular flexibility index (Phi) is 7.04. The summed E-state index contributed by atoms with van der Waals surface area (Å²) in [5.74, 6) is -0.384. The average molecular weight is 342 g/mol. The molecular formula is C12H11Cl3O3S. The zero-order valence-electron chi connectivity index (χ0n) is 9.68. The van der Waals surface area contributed by atoms with E-state index in [1.54, 1.807) is 0 Å². The van der Waals surface area contributed by atoms with Crippen LogP contribution in [0.25, 0.3) is 0 Å². The molecule has 0 heterocycles. The monoisotopic (exact) mass is 340 g/mol. The summed E-state index contributed by atoms with van der Waals surface area (Å²) in [6.07, 6.45) is 0.749. The molecular weight excluding hydrogens is 331 g/mol. The quantitative estimate of drug-likeness (QED) is 0.366. The van der Waals surface area contributed by atoms with Gasteiger partial charge >= 0.3 is 0 Å². The van der Waals surface area contributed by atoms with Crippen molar-refractivity contribution in [3.8, 4) is 0 Å². The van der Waals surface area contributed by atoms with Crippen LogP contribution in [-0.4, -0.2) is 27.9 Å². The second kappa shape index (κ2) is 8.02. The lowest BCUT2D eigenvalue weighted by Crippen LogP contribution is -2.18. The summed E-state index contributed by atoms with van der Waals surface area (Å²) < 4.78 is 3.41. The van der Waals surface area contributed by atoms with Crippen molar-refractivity contribution in [3.05, 3.63) is 41.5 Å². The first kappa shape index (κ1) is 16.7. The van der Waals surface area contributed by atoms with Crippen molar-refractivity contribution >= 4 is 52.3 Å². The second-order valence-electron chi connectivity index (χ2n) is 3.44. The van der Waals surface area contributed by atoms with Crippen molar-refractivity contribution < 1.29 is 14.6 Å². The van der Waals surface area contributed by atoms with Crippen LogP contribution in [0.15, 0.2) is 46.4 Å². The lowest BCUT2D eigenvalue weighted by atomic mass is 10.4. The van der Waals surface area contributed by atoms with Crippen molar-refractivity contribution in [2.24, 2.45) is 0 Å². The SMILES string of the molecule is O=C(COCC(Cl)(Cl)Cl)C(=CO)Sc1ccccc1. The van der Waals surface area contributed by atoms with Gasteiger partial charge in [-0.2, -0.15) is 0 Å². The Morgan fingerprint density at radius 3 is 2.47 bits per heavy atom. The molecule has 0 bridgehead atoms. The molecule has 0 fully saturated rings. The van der Waals surface area contributed by atoms with Crippen LogP contribution in [0, 0.1) is 0 Å². The number of alkyl halides is 3. The predicted molar refractivity (Wildman–Crippen MR) is 79.1 cm³/mol. The number of Topliss-reactive ketones (excluding diaryl/α,β-unsaturated/α-hetero) is 1. The maximum atomic E-state index is 11.8. The zero-order chi connectivity index (χ0) is 14.3. The molecule has 0 aliphatic rings. The number of thioether (sulfide) groups is 1. The summed E-state index contributed by atoms with van der Waals surface area (Å²) in [5.41, 5.74) is 0. The molecule has 1 aromatic rings. The molecule has 19 heavy (non-hydrogen) atoms. The molecule has 3 nitrogen and oxygen atoms in total. The predicted octanol–water partition coefficient (Wildman–Crippen LogP) is 4.13. The number of halogens is 3. The summed E-state index contributed by atoms with van der Waals surface area (Å²) >= 11 is 17.6. The first-order valence-electron chi connectivity index (χ1n) is 5.17. The number of aliphatic hydroxyl groups excluding tert-OH is 1. The summed E-state index contributed by atoms with van der Waals surface area (Å²) in [5, 5.41) is 9.08. The fraction of sp³-hybridized carbons (Fsp3) is 0.250. The second-order valence-corrected chi connectivity index (χ2v) is 7.07. The van der Waals surface area contributed by atoms with E-state index in [1.807, 2.05) is 30.3 Å². The van der Waals surface area contributed by atoms with E-state index in [9.17, 15) is 4.79 Å². The molecule has 7 heteroatoms. The van der Waals surface area contributed by atoms with E-state index in [0.717, 1.165) is 22.9 Å². The third-order valence-corrected chi connectivity index (χ3v) is 3.25. The van der Waals surface area contributed by atoms with Gasteiger partial charge in [-0.25, -0.2) is 0 Å². The van der Waals surface area contributed by atoms with Crippen LogP contribution >= 0.6 is 46.6 Å². The van der Waals surface area contributed by atoms with E-state index in [1.165, 1.54) is 0 Å². The Morgan fingerprint density at radius 2 is 1.95 bits per heavy atom. The number of aliphatic hydroxyl groups is 1. The molecule has 1 rings (SSSR count). The molecule has 0 spiro atoms. The fourth-order valence-corrected chi connectivity index (χ4v) is 2.11. The molecule has 1 aromatic carbocycles. The van der Waals surface area contributed by atoms with E-state index >= 15 is 0 Å². The number of hydrogen-bond donors (Lipinski definition) is 1. The third-order valence-electron chi connectivity index (χ3n) is 1.86. The molecule has 0 atom stereocenters. The van der Waals surface area contributed by atoms with Crippen LogP contribution in [0.3, 0.4) is 0 Å². The van der Waals surface area contributed by atoms with E-state index in [0.29, 0.717) is 0 Å². The molecule has 0 aliphatic heterocycles. The number of benzene rings is 1. The molecule has 0 aromatic heterocycles. The maximum absolute atomic E-state index is 11.8. The number of ether oxygens (including phenoxy) is 1. The van der Waals surface area contributed by atoms with Gasteiger partial charge in [-0.15, -0.1) is 0 Å². The third kappa shape index (κ3) is 7.09. The number of ketones is 1. The van der Waals surface area contributed by atoms with E-state index in [-0.39, 0.29) is 23.9 Å². The largest absolute Gasteiger partial charge is 0.514 e. The van der Waals surface area contributed by atoms with Gasteiger partial charge in [0.25, 0.3) is 0 Å². The van der Waals surface area contributed by atoms with Gasteiger partial charge in [0, 0.05) is 4.90 Å². The van der Waals surface area contributed by atoms with Crippen molar-refractivity contribution in [2.75, 3.05) is 13.2 Å². The van der Waals surface area contributed by atoms with Gasteiger partial charge in [0.15, 0.2) is 5.78 Å². The van der Waals surface area contributed by atoms with Gasteiger partial charge in [-0.05, 0) is 12.1 Å². The fourth-order valence-electron chi connectivity index (χ4n) is 1.10. The number of carbonyl (C=O) groups excluding carboxylic acids is 1. The molecule has 0 radical (unpaired) electrons. The number of hydrogen-bond acceptors (Lipinski definition) is 4. The molecule has 0 saturated heterocycles. The highest BCUT2D eigenvalue weighted by Gasteiger charge is 2.21. The summed E-state index contributed by atoms with van der Waals surface area (Å²) in [6, 6.07) is 9.17. The lowest BCUT2D eigenvalue weighted by molar-refractivity contribution is -0.119. The Hall–Kier alpha value is -0.390. The normalized spacial score (nSPS) is 12.5. The molecule has 0 unspecified atom stereocenters. The highest BCUT2D eigenvalue weighted by atomic mass is 35.6. The molecule has 0 amide bonds. The van der Waals surface area contributed by atoms with E-state index in [4.69, 9.17) is 44.6 Å². The van der Waals surface area contributed by atoms with Crippen molar-refractivity contribution in [1.29, 1.82) is 0 Å². The van der Waals surface area contributed by atoms with Gasteiger partial charge in [-0.3, -0.25) is 4.79 Å². The maximum Gasteiger partial charge on any atom is 0.213 e. The standard InChI is InChI=1S/C12H11Cl3O3S/c13-12(14,15)8-18-7-10(17)11(6-16)19-9-4-2-1-3-5-9/h1-6,16H,7-8H2. The zero-order valence-corrected chi connectivity index (χ0v) is 12.8. The van der Waals surface area contributed by atoms with Gasteiger partial charge in [0.1, 0.15) is 6.61 Å². The molecule has 0 aliphatic carbocycles. The summed E-state index contributed by atoms with van der Waals surface area (Å²) in [4.78, 5) is 12.8.